The average molecular weight is 470 g/mol. The number of carbonyl (C=O) groups excluding carboxylic acids is 4. The van der Waals surface area contributed by atoms with Gasteiger partial charge in [-0.3, -0.25) is 19.3 Å². The Bertz CT molecular complexity index is 738. The summed E-state index contributed by atoms with van der Waals surface area (Å²) in [6.45, 7) is 4.58. The molecule has 2 fully saturated rings. The zero-order valence-corrected chi connectivity index (χ0v) is 20.2. The van der Waals surface area contributed by atoms with E-state index >= 15 is 0 Å². The van der Waals surface area contributed by atoms with E-state index in [2.05, 4.69) is 10.5 Å². The fourth-order valence-corrected chi connectivity index (χ4v) is 5.23. The van der Waals surface area contributed by atoms with Crippen molar-refractivity contribution in [2.45, 2.75) is 64.5 Å². The summed E-state index contributed by atoms with van der Waals surface area (Å²) in [7, 11) is 3.03. The molecule has 0 aromatic carbocycles. The van der Waals surface area contributed by atoms with Crippen molar-refractivity contribution >= 4 is 40.6 Å². The molecule has 2 rings (SSSR count). The van der Waals surface area contributed by atoms with Gasteiger partial charge in [0, 0.05) is 19.3 Å². The molecular formula is C21H35N5O5S. The zero-order valence-electron chi connectivity index (χ0n) is 19.3. The summed E-state index contributed by atoms with van der Waals surface area (Å²) in [4.78, 5) is 54.4. The van der Waals surface area contributed by atoms with Crippen molar-refractivity contribution < 1.29 is 23.9 Å². The lowest BCUT2D eigenvalue weighted by molar-refractivity contribution is -0.144. The van der Waals surface area contributed by atoms with Gasteiger partial charge >= 0.3 is 12.0 Å². The Morgan fingerprint density at radius 2 is 1.91 bits per heavy atom. The monoisotopic (exact) mass is 469 g/mol. The van der Waals surface area contributed by atoms with Gasteiger partial charge in [0.05, 0.1) is 7.11 Å². The van der Waals surface area contributed by atoms with Crippen LogP contribution in [0.1, 0.15) is 52.4 Å². The number of carbonyl (C=O) groups is 4. The number of thioether (sulfide) groups is 1. The maximum absolute atomic E-state index is 13.4. The first-order valence-electron chi connectivity index (χ1n) is 11.1. The SMILES string of the molecule is COC(=O)N(C(C(=O)C(=O)N/N=C1\SCCN1C)C1CCCCC1)[C@@H](CC(C)C)C(N)=O. The molecule has 10 nitrogen and oxygen atoms in total. The van der Waals surface area contributed by atoms with Crippen LogP contribution < -0.4 is 11.2 Å². The molecule has 0 radical (unpaired) electrons. The Kier molecular flexibility index (Phi) is 9.80. The number of ether oxygens (including phenoxy) is 1. The lowest BCUT2D eigenvalue weighted by atomic mass is 9.80. The Hall–Kier alpha value is -2.30. The molecule has 2 atom stereocenters. The number of ketones is 1. The molecule has 0 spiro atoms. The fourth-order valence-electron chi connectivity index (χ4n) is 4.26. The summed E-state index contributed by atoms with van der Waals surface area (Å²) in [6, 6.07) is -2.21. The number of hydrogen-bond donors (Lipinski definition) is 2. The van der Waals surface area contributed by atoms with Gasteiger partial charge in [0.25, 0.3) is 0 Å². The molecular weight excluding hydrogens is 434 g/mol. The first-order chi connectivity index (χ1) is 15.2. The second kappa shape index (κ2) is 12.1. The van der Waals surface area contributed by atoms with E-state index in [1.807, 2.05) is 25.8 Å². The minimum Gasteiger partial charge on any atom is -0.453 e. The molecule has 0 aromatic rings. The smallest absolute Gasteiger partial charge is 0.410 e. The van der Waals surface area contributed by atoms with Crippen molar-refractivity contribution in [3.05, 3.63) is 0 Å². The van der Waals surface area contributed by atoms with E-state index in [1.165, 1.54) is 18.9 Å². The Labute approximate surface area is 193 Å². The first kappa shape index (κ1) is 26.0. The number of nitrogens with one attached hydrogen (secondary N) is 1. The van der Waals surface area contributed by atoms with Crippen LogP contribution in [-0.4, -0.2) is 77.2 Å². The van der Waals surface area contributed by atoms with Crippen LogP contribution in [0.2, 0.25) is 0 Å². The first-order valence-corrected chi connectivity index (χ1v) is 12.1. The number of nitrogens with two attached hydrogens (primary N) is 1. The fraction of sp³-hybridized carbons (Fsp3) is 0.762. The molecule has 3 N–H and O–H groups in total. The van der Waals surface area contributed by atoms with E-state index in [4.69, 9.17) is 10.5 Å². The zero-order chi connectivity index (χ0) is 23.8. The molecule has 1 unspecified atom stereocenters. The third-order valence-electron chi connectivity index (χ3n) is 5.87. The van der Waals surface area contributed by atoms with Crippen molar-refractivity contribution in [2.24, 2.45) is 22.7 Å². The molecule has 3 amide bonds. The van der Waals surface area contributed by atoms with Crippen LogP contribution >= 0.6 is 11.8 Å². The Morgan fingerprint density at radius 1 is 1.25 bits per heavy atom. The van der Waals surface area contributed by atoms with Crippen molar-refractivity contribution in [1.82, 2.24) is 15.2 Å². The van der Waals surface area contributed by atoms with Crippen LogP contribution in [0, 0.1) is 11.8 Å². The summed E-state index contributed by atoms with van der Waals surface area (Å²) in [5, 5.41) is 4.68. The minimum atomic E-state index is -1.15. The molecule has 1 saturated heterocycles. The van der Waals surface area contributed by atoms with Crippen molar-refractivity contribution in [3.8, 4) is 0 Å². The third kappa shape index (κ3) is 6.60. The molecule has 32 heavy (non-hydrogen) atoms. The molecule has 0 bridgehead atoms. The van der Waals surface area contributed by atoms with Crippen LogP contribution in [0.4, 0.5) is 4.79 Å². The molecule has 2 aliphatic rings. The van der Waals surface area contributed by atoms with Gasteiger partial charge in [-0.1, -0.05) is 44.9 Å². The highest BCUT2D eigenvalue weighted by atomic mass is 32.2. The molecule has 0 aromatic heterocycles. The molecule has 1 heterocycles. The third-order valence-corrected chi connectivity index (χ3v) is 6.92. The number of rotatable bonds is 9. The van der Waals surface area contributed by atoms with E-state index in [0.29, 0.717) is 18.0 Å². The van der Waals surface area contributed by atoms with Crippen molar-refractivity contribution in [2.75, 3.05) is 26.5 Å². The molecule has 180 valence electrons. The van der Waals surface area contributed by atoms with Gasteiger partial charge in [0.15, 0.2) is 5.17 Å². The molecule has 1 aliphatic heterocycles. The number of methoxy groups -OCH3 is 1. The Balaban J connectivity index is 2.38. The Morgan fingerprint density at radius 3 is 2.41 bits per heavy atom. The highest BCUT2D eigenvalue weighted by Gasteiger charge is 2.45. The number of nitrogens with zero attached hydrogens (tertiary/aromatic N) is 3. The highest BCUT2D eigenvalue weighted by Crippen LogP contribution is 2.32. The highest BCUT2D eigenvalue weighted by molar-refractivity contribution is 8.14. The molecule has 1 aliphatic carbocycles. The standard InChI is InChI=1S/C21H35N5O5S/c1-13(2)12-15(18(22)28)26(21(30)31-4)16(14-8-6-5-7-9-14)17(27)19(29)23-24-20-25(3)10-11-32-20/h13-16H,5-12H2,1-4H3,(H2,22,28)(H,23,29)/b24-20-/t15-,16?/m0/s1. The number of amides is 3. The van der Waals surface area contributed by atoms with Gasteiger partial charge in [-0.2, -0.15) is 0 Å². The maximum Gasteiger partial charge on any atom is 0.410 e. The van der Waals surface area contributed by atoms with Crippen LogP contribution in [0.25, 0.3) is 0 Å². The van der Waals surface area contributed by atoms with Gasteiger partial charge in [-0.15, -0.1) is 5.10 Å². The van der Waals surface area contributed by atoms with Gasteiger partial charge in [-0.05, 0) is 31.1 Å². The normalized spacial score (nSPS) is 20.2. The van der Waals surface area contributed by atoms with Gasteiger partial charge in [-0.25, -0.2) is 10.2 Å². The predicted octanol–water partition coefficient (Wildman–Crippen LogP) is 1.54. The number of Topliss-reactive ketones (excluding diaryl/α,β-unsaturated/α-hetero) is 1. The van der Waals surface area contributed by atoms with Gasteiger partial charge < -0.3 is 15.4 Å². The second-order valence-corrected chi connectivity index (χ2v) is 9.80. The lowest BCUT2D eigenvalue weighted by Crippen LogP contribution is -2.60. The van der Waals surface area contributed by atoms with Crippen molar-refractivity contribution in [3.63, 3.8) is 0 Å². The van der Waals surface area contributed by atoms with E-state index in [1.54, 1.807) is 0 Å². The van der Waals surface area contributed by atoms with E-state index < -0.39 is 35.8 Å². The average Bonchev–Trinajstić information content (AvgIpc) is 3.18. The topological polar surface area (TPSA) is 134 Å². The number of hydrogen-bond acceptors (Lipinski definition) is 7. The second-order valence-electron chi connectivity index (χ2n) is 8.74. The predicted molar refractivity (Wildman–Crippen MR) is 123 cm³/mol. The quantitative estimate of drug-likeness (QED) is 0.386. The number of hydrazone groups is 1. The summed E-state index contributed by atoms with van der Waals surface area (Å²) in [5.74, 6) is -1.87. The van der Waals surface area contributed by atoms with Crippen LogP contribution in [-0.2, 0) is 19.1 Å². The van der Waals surface area contributed by atoms with Crippen molar-refractivity contribution in [1.29, 1.82) is 0 Å². The summed E-state index contributed by atoms with van der Waals surface area (Å²) < 4.78 is 4.94. The van der Waals surface area contributed by atoms with E-state index in [0.717, 1.165) is 36.5 Å². The van der Waals surface area contributed by atoms with Gasteiger partial charge in [0.2, 0.25) is 11.7 Å². The maximum atomic E-state index is 13.4. The summed E-state index contributed by atoms with van der Waals surface area (Å²) >= 11 is 1.48. The summed E-state index contributed by atoms with van der Waals surface area (Å²) in [6.07, 6.45) is 3.51. The molecule has 11 heteroatoms. The van der Waals surface area contributed by atoms with Crippen LogP contribution in [0.15, 0.2) is 5.10 Å². The molecule has 1 saturated carbocycles. The number of amidine groups is 1. The van der Waals surface area contributed by atoms with E-state index in [-0.39, 0.29) is 18.3 Å². The largest absolute Gasteiger partial charge is 0.453 e. The minimum absolute atomic E-state index is 0.0249. The number of primary amides is 1. The lowest BCUT2D eigenvalue weighted by Gasteiger charge is -2.40. The summed E-state index contributed by atoms with van der Waals surface area (Å²) in [5.41, 5.74) is 7.99. The van der Waals surface area contributed by atoms with Crippen LogP contribution in [0.5, 0.6) is 0 Å². The van der Waals surface area contributed by atoms with Crippen LogP contribution in [0.3, 0.4) is 0 Å². The van der Waals surface area contributed by atoms with E-state index in [9.17, 15) is 19.2 Å². The van der Waals surface area contributed by atoms with Gasteiger partial charge in [0.1, 0.15) is 12.1 Å².